The second-order valence-corrected chi connectivity index (χ2v) is 4.21. The highest BCUT2D eigenvalue weighted by atomic mass is 16.5. The second kappa shape index (κ2) is 7.07. The topological polar surface area (TPSA) is 43.4 Å². The monoisotopic (exact) mass is 260 g/mol. The molecule has 0 amide bonds. The number of rotatable bonds is 7. The molecule has 2 rings (SSSR count). The lowest BCUT2D eigenvalue weighted by Gasteiger charge is -2.08. The van der Waals surface area contributed by atoms with Gasteiger partial charge in [0.1, 0.15) is 11.3 Å². The highest BCUT2D eigenvalue weighted by Gasteiger charge is 2.03. The maximum Gasteiger partial charge on any atom is 0.145 e. The standard InChI is InChI=1S/C15H20N2O2/c1-3-19-10-9-16-11-13-8-7-12-5-4-6-14(18-2)15(12)17-13/h4-8,16H,3,9-11H2,1-2H3. The summed E-state index contributed by atoms with van der Waals surface area (Å²) in [7, 11) is 1.67. The van der Waals surface area contributed by atoms with Crippen LogP contribution in [0.1, 0.15) is 12.6 Å². The van der Waals surface area contributed by atoms with Gasteiger partial charge in [-0.15, -0.1) is 0 Å². The molecule has 0 spiro atoms. The fourth-order valence-electron chi connectivity index (χ4n) is 1.93. The van der Waals surface area contributed by atoms with Crippen LogP contribution < -0.4 is 10.1 Å². The van der Waals surface area contributed by atoms with Crippen molar-refractivity contribution in [2.75, 3.05) is 26.9 Å². The van der Waals surface area contributed by atoms with Crippen LogP contribution in [0.15, 0.2) is 30.3 Å². The van der Waals surface area contributed by atoms with Gasteiger partial charge in [0.15, 0.2) is 0 Å². The molecule has 0 saturated carbocycles. The molecule has 1 N–H and O–H groups in total. The molecule has 4 heteroatoms. The SMILES string of the molecule is CCOCCNCc1ccc2cccc(OC)c2n1. The van der Waals surface area contributed by atoms with Crippen LogP contribution in [0, 0.1) is 0 Å². The molecular weight excluding hydrogens is 240 g/mol. The lowest BCUT2D eigenvalue weighted by molar-refractivity contribution is 0.149. The van der Waals surface area contributed by atoms with E-state index < -0.39 is 0 Å². The van der Waals surface area contributed by atoms with Crippen LogP contribution in [-0.2, 0) is 11.3 Å². The first-order valence-electron chi connectivity index (χ1n) is 6.56. The van der Waals surface area contributed by atoms with E-state index in [1.807, 2.05) is 31.2 Å². The third-order valence-corrected chi connectivity index (χ3v) is 2.89. The van der Waals surface area contributed by atoms with Crippen molar-refractivity contribution >= 4 is 10.9 Å². The summed E-state index contributed by atoms with van der Waals surface area (Å²) in [4.78, 5) is 4.64. The second-order valence-electron chi connectivity index (χ2n) is 4.21. The van der Waals surface area contributed by atoms with Crippen LogP contribution in [0.2, 0.25) is 0 Å². The number of methoxy groups -OCH3 is 1. The van der Waals surface area contributed by atoms with Crippen molar-refractivity contribution in [3.63, 3.8) is 0 Å². The van der Waals surface area contributed by atoms with Gasteiger partial charge >= 0.3 is 0 Å². The number of ether oxygens (including phenoxy) is 2. The third kappa shape index (κ3) is 3.66. The summed E-state index contributed by atoms with van der Waals surface area (Å²) >= 11 is 0. The van der Waals surface area contributed by atoms with Gasteiger partial charge in [-0.1, -0.05) is 18.2 Å². The van der Waals surface area contributed by atoms with Gasteiger partial charge in [0.2, 0.25) is 0 Å². The first-order valence-corrected chi connectivity index (χ1v) is 6.56. The van der Waals surface area contributed by atoms with E-state index in [1.54, 1.807) is 7.11 Å². The number of pyridine rings is 1. The predicted molar refractivity (Wildman–Crippen MR) is 76.5 cm³/mol. The zero-order valence-electron chi connectivity index (χ0n) is 11.5. The van der Waals surface area contributed by atoms with E-state index >= 15 is 0 Å². The van der Waals surface area contributed by atoms with Crippen molar-refractivity contribution in [2.24, 2.45) is 0 Å². The molecule has 19 heavy (non-hydrogen) atoms. The van der Waals surface area contributed by atoms with Crippen molar-refractivity contribution in [1.82, 2.24) is 10.3 Å². The Morgan fingerprint density at radius 3 is 2.89 bits per heavy atom. The Balaban J connectivity index is 2.04. The molecule has 0 aliphatic heterocycles. The molecular formula is C15H20N2O2. The van der Waals surface area contributed by atoms with Crippen LogP contribution in [0.3, 0.4) is 0 Å². The van der Waals surface area contributed by atoms with Gasteiger partial charge in [-0.3, -0.25) is 0 Å². The Labute approximate surface area is 113 Å². The maximum absolute atomic E-state index is 5.34. The van der Waals surface area contributed by atoms with E-state index in [4.69, 9.17) is 9.47 Å². The number of para-hydroxylation sites is 1. The van der Waals surface area contributed by atoms with Crippen LogP contribution in [-0.4, -0.2) is 31.9 Å². The average molecular weight is 260 g/mol. The first-order chi connectivity index (χ1) is 9.35. The number of hydrogen-bond donors (Lipinski definition) is 1. The van der Waals surface area contributed by atoms with E-state index in [1.165, 1.54) is 0 Å². The smallest absolute Gasteiger partial charge is 0.145 e. The molecule has 1 heterocycles. The van der Waals surface area contributed by atoms with Gasteiger partial charge in [0, 0.05) is 25.1 Å². The molecule has 0 atom stereocenters. The van der Waals surface area contributed by atoms with Crippen molar-refractivity contribution in [1.29, 1.82) is 0 Å². The molecule has 0 radical (unpaired) electrons. The number of nitrogens with zero attached hydrogens (tertiary/aromatic N) is 1. The summed E-state index contributed by atoms with van der Waals surface area (Å²) in [6.07, 6.45) is 0. The Kier molecular flexibility index (Phi) is 5.12. The summed E-state index contributed by atoms with van der Waals surface area (Å²) in [5.74, 6) is 0.814. The Hall–Kier alpha value is -1.65. The van der Waals surface area contributed by atoms with Crippen molar-refractivity contribution in [3.8, 4) is 5.75 Å². The third-order valence-electron chi connectivity index (χ3n) is 2.89. The van der Waals surface area contributed by atoms with Crippen LogP contribution in [0.4, 0.5) is 0 Å². The van der Waals surface area contributed by atoms with E-state index in [-0.39, 0.29) is 0 Å². The highest BCUT2D eigenvalue weighted by molar-refractivity contribution is 5.84. The molecule has 0 bridgehead atoms. The molecule has 1 aromatic heterocycles. The number of hydrogen-bond acceptors (Lipinski definition) is 4. The molecule has 102 valence electrons. The Morgan fingerprint density at radius 1 is 1.21 bits per heavy atom. The van der Waals surface area contributed by atoms with Gasteiger partial charge < -0.3 is 14.8 Å². The summed E-state index contributed by atoms with van der Waals surface area (Å²) in [5.41, 5.74) is 1.92. The summed E-state index contributed by atoms with van der Waals surface area (Å²) in [6, 6.07) is 10.1. The van der Waals surface area contributed by atoms with Gasteiger partial charge in [0.25, 0.3) is 0 Å². The zero-order valence-corrected chi connectivity index (χ0v) is 11.5. The summed E-state index contributed by atoms with van der Waals surface area (Å²) < 4.78 is 10.6. The largest absolute Gasteiger partial charge is 0.494 e. The van der Waals surface area contributed by atoms with Crippen molar-refractivity contribution in [3.05, 3.63) is 36.0 Å². The molecule has 0 saturated heterocycles. The molecule has 2 aromatic rings. The van der Waals surface area contributed by atoms with Gasteiger partial charge in [-0.25, -0.2) is 4.98 Å². The number of benzene rings is 1. The number of nitrogens with one attached hydrogen (secondary N) is 1. The first kappa shape index (κ1) is 13.8. The fourth-order valence-corrected chi connectivity index (χ4v) is 1.93. The molecule has 0 fully saturated rings. The summed E-state index contributed by atoms with van der Waals surface area (Å²) in [6.45, 7) is 5.05. The van der Waals surface area contributed by atoms with Crippen molar-refractivity contribution in [2.45, 2.75) is 13.5 Å². The lowest BCUT2D eigenvalue weighted by Crippen LogP contribution is -2.19. The molecule has 0 aliphatic rings. The Bertz CT molecular complexity index is 529. The minimum absolute atomic E-state index is 0.730. The maximum atomic E-state index is 5.34. The Morgan fingerprint density at radius 2 is 2.11 bits per heavy atom. The molecule has 1 aromatic carbocycles. The van der Waals surface area contributed by atoms with E-state index in [0.29, 0.717) is 0 Å². The van der Waals surface area contributed by atoms with E-state index in [2.05, 4.69) is 16.4 Å². The minimum Gasteiger partial charge on any atom is -0.494 e. The predicted octanol–water partition coefficient (Wildman–Crippen LogP) is 2.37. The number of aromatic nitrogens is 1. The van der Waals surface area contributed by atoms with Crippen LogP contribution in [0.25, 0.3) is 10.9 Å². The van der Waals surface area contributed by atoms with E-state index in [9.17, 15) is 0 Å². The van der Waals surface area contributed by atoms with Gasteiger partial charge in [0.05, 0.1) is 19.4 Å². The zero-order chi connectivity index (χ0) is 13.5. The van der Waals surface area contributed by atoms with E-state index in [0.717, 1.165) is 48.6 Å². The molecule has 4 nitrogen and oxygen atoms in total. The van der Waals surface area contributed by atoms with Gasteiger partial charge in [-0.2, -0.15) is 0 Å². The summed E-state index contributed by atoms with van der Waals surface area (Å²) in [5, 5.41) is 4.41. The molecule has 0 unspecified atom stereocenters. The minimum atomic E-state index is 0.730. The number of fused-ring (bicyclic) bond motifs is 1. The van der Waals surface area contributed by atoms with Gasteiger partial charge in [-0.05, 0) is 19.1 Å². The lowest BCUT2D eigenvalue weighted by atomic mass is 10.2. The molecule has 0 aliphatic carbocycles. The van der Waals surface area contributed by atoms with Crippen LogP contribution >= 0.6 is 0 Å². The van der Waals surface area contributed by atoms with Crippen molar-refractivity contribution < 1.29 is 9.47 Å². The van der Waals surface area contributed by atoms with Crippen LogP contribution in [0.5, 0.6) is 5.75 Å². The quantitative estimate of drug-likeness (QED) is 0.776. The average Bonchev–Trinajstić information content (AvgIpc) is 2.46. The normalized spacial score (nSPS) is 10.8. The fraction of sp³-hybridized carbons (Fsp3) is 0.400. The highest BCUT2D eigenvalue weighted by Crippen LogP contribution is 2.23.